The largest absolute Gasteiger partial charge is 0.449 e. The second-order valence-corrected chi connectivity index (χ2v) is 7.88. The van der Waals surface area contributed by atoms with Crippen LogP contribution in [0.15, 0.2) is 91.1 Å². The number of para-hydroxylation sites is 1. The topological polar surface area (TPSA) is 128 Å². The number of pyridine rings is 1. The number of nitrogens with zero attached hydrogens (tertiary/aromatic N) is 2. The molecule has 1 atom stereocenters. The first-order chi connectivity index (χ1) is 17.4. The molecule has 9 nitrogen and oxygen atoms in total. The van der Waals surface area contributed by atoms with Crippen LogP contribution in [0.2, 0.25) is 0 Å². The van der Waals surface area contributed by atoms with Crippen molar-refractivity contribution in [2.45, 2.75) is 18.9 Å². The highest BCUT2D eigenvalue weighted by Gasteiger charge is 2.27. The van der Waals surface area contributed by atoms with Gasteiger partial charge >= 0.3 is 5.97 Å². The summed E-state index contributed by atoms with van der Waals surface area (Å²) in [6.07, 6.45) is -0.132. The molecule has 0 spiro atoms. The lowest BCUT2D eigenvalue weighted by Crippen LogP contribution is -2.21. The van der Waals surface area contributed by atoms with Crippen molar-refractivity contribution >= 4 is 39.9 Å². The molecule has 0 bridgehead atoms. The fourth-order valence-corrected chi connectivity index (χ4v) is 3.62. The third-order valence-corrected chi connectivity index (χ3v) is 5.42. The Morgan fingerprint density at radius 2 is 1.61 bits per heavy atom. The molecule has 3 aromatic carbocycles. The van der Waals surface area contributed by atoms with Crippen molar-refractivity contribution in [3.63, 3.8) is 0 Å². The van der Waals surface area contributed by atoms with E-state index in [2.05, 4.69) is 10.3 Å². The van der Waals surface area contributed by atoms with Crippen LogP contribution in [0, 0.1) is 10.1 Å². The highest BCUT2D eigenvalue weighted by molar-refractivity contribution is 6.02. The molecule has 1 aromatic heterocycles. The maximum Gasteiger partial charge on any atom is 0.307 e. The molecule has 0 saturated carbocycles. The summed E-state index contributed by atoms with van der Waals surface area (Å²) in [5.74, 6) is -1.65. The summed E-state index contributed by atoms with van der Waals surface area (Å²) in [4.78, 5) is 52.9. The molecule has 0 aliphatic carbocycles. The van der Waals surface area contributed by atoms with Crippen LogP contribution < -0.4 is 5.32 Å². The van der Waals surface area contributed by atoms with Crippen molar-refractivity contribution in [1.29, 1.82) is 0 Å². The van der Waals surface area contributed by atoms with Crippen molar-refractivity contribution in [3.8, 4) is 0 Å². The second kappa shape index (κ2) is 11.0. The summed E-state index contributed by atoms with van der Waals surface area (Å²) >= 11 is 0. The van der Waals surface area contributed by atoms with E-state index in [4.69, 9.17) is 4.74 Å². The number of fused-ring (bicyclic) bond motifs is 1. The average molecular weight is 483 g/mol. The molecule has 36 heavy (non-hydrogen) atoms. The predicted molar refractivity (Wildman–Crippen MR) is 132 cm³/mol. The molecule has 4 rings (SSSR count). The number of carbonyl (C=O) groups is 3. The number of rotatable bonds is 9. The number of carbonyl (C=O) groups excluding carboxylic acids is 3. The molecular formula is C27H21N3O6. The lowest BCUT2D eigenvalue weighted by molar-refractivity contribution is -0.384. The molecular weight excluding hydrogens is 462 g/mol. The maximum atomic E-state index is 13.1. The number of aromatic nitrogens is 1. The van der Waals surface area contributed by atoms with Crippen molar-refractivity contribution < 1.29 is 24.0 Å². The molecule has 1 amide bonds. The third-order valence-electron chi connectivity index (χ3n) is 5.42. The first-order valence-electron chi connectivity index (χ1n) is 11.1. The number of Topliss-reactive ketones (excluding diaryl/α,β-unsaturated/α-hetero) is 1. The van der Waals surface area contributed by atoms with Gasteiger partial charge < -0.3 is 10.1 Å². The van der Waals surface area contributed by atoms with E-state index in [-0.39, 0.29) is 24.1 Å². The molecule has 0 unspecified atom stereocenters. The Balaban J connectivity index is 1.45. The Labute approximate surface area is 205 Å². The van der Waals surface area contributed by atoms with E-state index in [1.165, 1.54) is 24.3 Å². The fourth-order valence-electron chi connectivity index (χ4n) is 3.62. The van der Waals surface area contributed by atoms with Gasteiger partial charge in [-0.05, 0) is 24.3 Å². The Morgan fingerprint density at radius 3 is 2.33 bits per heavy atom. The van der Waals surface area contributed by atoms with Gasteiger partial charge in [0.05, 0.1) is 22.5 Å². The lowest BCUT2D eigenvalue weighted by atomic mass is 9.99. The number of hydrogen-bond donors (Lipinski definition) is 1. The van der Waals surface area contributed by atoms with Gasteiger partial charge in [0.2, 0.25) is 11.7 Å². The number of anilines is 1. The lowest BCUT2D eigenvalue weighted by Gasteiger charge is -2.17. The van der Waals surface area contributed by atoms with Crippen molar-refractivity contribution in [2.24, 2.45) is 0 Å². The molecule has 9 heteroatoms. The maximum absolute atomic E-state index is 13.1. The molecule has 0 aliphatic heterocycles. The number of nitro groups is 1. The van der Waals surface area contributed by atoms with Crippen LogP contribution in [0.1, 0.15) is 34.9 Å². The van der Waals surface area contributed by atoms with Crippen LogP contribution in [0.3, 0.4) is 0 Å². The number of non-ortho nitro benzene ring substituents is 1. The van der Waals surface area contributed by atoms with E-state index in [0.717, 1.165) is 5.39 Å². The Hall–Kier alpha value is -4.92. The number of ether oxygens (including phenoxy) is 1. The zero-order valence-corrected chi connectivity index (χ0v) is 19.0. The first-order valence-corrected chi connectivity index (χ1v) is 11.1. The molecule has 0 saturated heterocycles. The van der Waals surface area contributed by atoms with E-state index in [0.29, 0.717) is 16.8 Å². The average Bonchev–Trinajstić information content (AvgIpc) is 2.91. The van der Waals surface area contributed by atoms with Gasteiger partial charge in [0.1, 0.15) is 0 Å². The molecule has 0 aliphatic rings. The highest BCUT2D eigenvalue weighted by atomic mass is 16.6. The SMILES string of the molecule is O=C(CCC(=O)O[C@@H](C(=O)c1ccccc1)c1ccc([N+](=O)[O-])cc1)Nc1cccc2cccnc12. The predicted octanol–water partition coefficient (Wildman–Crippen LogP) is 5.03. The van der Waals surface area contributed by atoms with Crippen LogP contribution in [-0.4, -0.2) is 27.6 Å². The molecule has 4 aromatic rings. The van der Waals surface area contributed by atoms with E-state index in [1.54, 1.807) is 54.7 Å². The summed E-state index contributed by atoms with van der Waals surface area (Å²) in [5.41, 5.74) is 1.59. The van der Waals surface area contributed by atoms with Gasteiger partial charge in [0.25, 0.3) is 5.69 Å². The number of benzene rings is 3. The van der Waals surface area contributed by atoms with Crippen LogP contribution in [-0.2, 0) is 14.3 Å². The summed E-state index contributed by atoms with van der Waals surface area (Å²) < 4.78 is 5.47. The van der Waals surface area contributed by atoms with Gasteiger partial charge in [-0.1, -0.05) is 48.5 Å². The number of hydrogen-bond acceptors (Lipinski definition) is 7. The molecule has 0 radical (unpaired) electrons. The van der Waals surface area contributed by atoms with Gasteiger partial charge in [-0.25, -0.2) is 0 Å². The van der Waals surface area contributed by atoms with Gasteiger partial charge in [0.15, 0.2) is 6.10 Å². The zero-order chi connectivity index (χ0) is 25.5. The smallest absolute Gasteiger partial charge is 0.307 e. The number of amides is 1. The number of ketones is 1. The summed E-state index contributed by atoms with van der Waals surface area (Å²) in [6, 6.07) is 22.5. The van der Waals surface area contributed by atoms with Crippen molar-refractivity contribution in [1.82, 2.24) is 4.98 Å². The second-order valence-electron chi connectivity index (χ2n) is 7.88. The van der Waals surface area contributed by atoms with Gasteiger partial charge in [0, 0.05) is 41.3 Å². The van der Waals surface area contributed by atoms with Gasteiger partial charge in [-0.15, -0.1) is 0 Å². The molecule has 1 heterocycles. The Bertz CT molecular complexity index is 1420. The van der Waals surface area contributed by atoms with Gasteiger partial charge in [-0.2, -0.15) is 0 Å². The van der Waals surface area contributed by atoms with Crippen LogP contribution in [0.5, 0.6) is 0 Å². The Morgan fingerprint density at radius 1 is 0.889 bits per heavy atom. The Kier molecular flexibility index (Phi) is 7.40. The van der Waals surface area contributed by atoms with Crippen molar-refractivity contribution in [2.75, 3.05) is 5.32 Å². The number of nitrogens with one attached hydrogen (secondary N) is 1. The number of nitro benzene ring substituents is 1. The van der Waals surface area contributed by atoms with E-state index >= 15 is 0 Å². The highest BCUT2D eigenvalue weighted by Crippen LogP contribution is 2.26. The third kappa shape index (κ3) is 5.76. The number of esters is 1. The quantitative estimate of drug-likeness (QED) is 0.153. The monoisotopic (exact) mass is 483 g/mol. The normalized spacial score (nSPS) is 11.4. The summed E-state index contributed by atoms with van der Waals surface area (Å²) in [6.45, 7) is 0. The fraction of sp³-hybridized carbons (Fsp3) is 0.111. The standard InChI is InChI=1S/C27H21N3O6/c31-23(29-22-10-4-8-18-9-5-17-28-25(18)22)15-16-24(32)36-27(26(33)19-6-2-1-3-7-19)20-11-13-21(14-12-20)30(34)35/h1-14,17,27H,15-16H2,(H,29,31)/t27-/m1/s1. The first kappa shape index (κ1) is 24.2. The molecule has 0 fully saturated rings. The summed E-state index contributed by atoms with van der Waals surface area (Å²) in [5, 5.41) is 14.6. The molecule has 1 N–H and O–H groups in total. The zero-order valence-electron chi connectivity index (χ0n) is 19.0. The van der Waals surface area contributed by atoms with Crippen LogP contribution >= 0.6 is 0 Å². The van der Waals surface area contributed by atoms with Gasteiger partial charge in [-0.3, -0.25) is 29.5 Å². The van der Waals surface area contributed by atoms with E-state index in [9.17, 15) is 24.5 Å². The minimum atomic E-state index is -1.31. The minimum absolute atomic E-state index is 0.157. The molecule has 180 valence electrons. The van der Waals surface area contributed by atoms with Crippen LogP contribution in [0.4, 0.5) is 11.4 Å². The minimum Gasteiger partial charge on any atom is -0.449 e. The van der Waals surface area contributed by atoms with Crippen LogP contribution in [0.25, 0.3) is 10.9 Å². The van der Waals surface area contributed by atoms with E-state index < -0.39 is 28.7 Å². The van der Waals surface area contributed by atoms with Crippen molar-refractivity contribution in [3.05, 3.63) is 112 Å². The summed E-state index contributed by atoms with van der Waals surface area (Å²) in [7, 11) is 0. The van der Waals surface area contributed by atoms with E-state index in [1.807, 2.05) is 12.1 Å².